The first-order valence-corrected chi connectivity index (χ1v) is 16.6. The number of hydrogen-bond acceptors (Lipinski definition) is 3. The molecule has 0 N–H and O–H groups in total. The van der Waals surface area contributed by atoms with Gasteiger partial charge in [0.25, 0.3) is 0 Å². The van der Waals surface area contributed by atoms with Gasteiger partial charge in [0.05, 0.1) is 0 Å². The predicted octanol–water partition coefficient (Wildman–Crippen LogP) is 5.81. The average molecular weight is 601 g/mol. The van der Waals surface area contributed by atoms with Crippen LogP contribution in [0.25, 0.3) is 0 Å². The maximum absolute atomic E-state index is 11.9. The van der Waals surface area contributed by atoms with Crippen LogP contribution >= 0.6 is 0 Å². The molecule has 0 aromatic rings. The Bertz CT molecular complexity index is 534. The molecule has 0 heterocycles. The van der Waals surface area contributed by atoms with Gasteiger partial charge >= 0.3 is 115 Å². The number of ether oxygens (including phenoxy) is 1. The van der Waals surface area contributed by atoms with E-state index >= 15 is 0 Å². The van der Waals surface area contributed by atoms with Gasteiger partial charge in [0.2, 0.25) is 0 Å². The Hall–Kier alpha value is 2.15. The van der Waals surface area contributed by atoms with Crippen LogP contribution in [-0.2, 0) is 14.3 Å². The summed E-state index contributed by atoms with van der Waals surface area (Å²) in [7, 11) is 0. The van der Waals surface area contributed by atoms with E-state index in [-0.39, 0.29) is 118 Å². The molecule has 0 saturated heterocycles. The van der Waals surface area contributed by atoms with E-state index in [4.69, 9.17) is 4.74 Å². The molecule has 0 aromatic heterocycles. The maximum Gasteiger partial charge on any atom is 1.00 e. The van der Waals surface area contributed by atoms with Gasteiger partial charge in [0.15, 0.2) is 0 Å². The Balaban J connectivity index is -0.00000108. The summed E-state index contributed by atoms with van der Waals surface area (Å²) in [5.41, 5.74) is 0. The molecule has 0 unspecified atom stereocenters. The van der Waals surface area contributed by atoms with Crippen molar-refractivity contribution in [2.75, 3.05) is 0 Å². The number of esters is 2. The molecule has 0 bridgehead atoms. The normalized spacial score (nSPS) is 10.8. The Morgan fingerprint density at radius 2 is 0.692 bits per heavy atom. The third-order valence-corrected chi connectivity index (χ3v) is 7.35. The second-order valence-electron chi connectivity index (χ2n) is 11.2. The average Bonchev–Trinajstić information content (AvgIpc) is 2.89. The first kappa shape index (κ1) is 45.6. The van der Waals surface area contributed by atoms with E-state index in [1.165, 1.54) is 135 Å². The van der Waals surface area contributed by atoms with Crippen LogP contribution in [0, 0.1) is 0 Å². The molecule has 0 aromatic carbocycles. The van der Waals surface area contributed by atoms with Crippen LogP contribution in [0.15, 0.2) is 12.2 Å². The van der Waals surface area contributed by atoms with Crippen LogP contribution in [0.5, 0.6) is 0 Å². The minimum Gasteiger partial charge on any atom is -1.00 e. The topological polar surface area (TPSA) is 43.4 Å². The molecule has 0 rings (SSSR count). The Morgan fingerprint density at radius 3 is 1.00 bits per heavy atom. The van der Waals surface area contributed by atoms with E-state index in [9.17, 15) is 9.59 Å². The van der Waals surface area contributed by atoms with Gasteiger partial charge in [-0.25, -0.2) is 0 Å². The zero-order valence-corrected chi connectivity index (χ0v) is 33.4. The molecular weight excluding hydrogens is 535 g/mol. The summed E-state index contributed by atoms with van der Waals surface area (Å²) in [6, 6.07) is 0. The molecule has 0 aliphatic carbocycles. The number of allylic oxidation sites excluding steroid dienone is 2. The number of rotatable bonds is 29. The number of unbranched alkanes of at least 4 members (excludes halogenated alkanes) is 23. The first-order valence-electron chi connectivity index (χ1n) is 16.6. The van der Waals surface area contributed by atoms with Crippen LogP contribution < -0.4 is 103 Å². The molecule has 39 heavy (non-hydrogen) atoms. The van der Waals surface area contributed by atoms with E-state index < -0.39 is 0 Å². The van der Waals surface area contributed by atoms with Crippen molar-refractivity contribution in [3.8, 4) is 0 Å². The maximum atomic E-state index is 11.9. The van der Waals surface area contributed by atoms with Gasteiger partial charge in [-0.05, 0) is 38.5 Å². The van der Waals surface area contributed by atoms with E-state index in [0.29, 0.717) is 12.8 Å². The minimum atomic E-state index is -0.336. The van der Waals surface area contributed by atoms with Gasteiger partial charge in [-0.2, -0.15) is 0 Å². The monoisotopic (exact) mass is 600 g/mol. The van der Waals surface area contributed by atoms with E-state index in [2.05, 4.69) is 26.0 Å². The van der Waals surface area contributed by atoms with Crippen molar-refractivity contribution in [2.45, 2.75) is 194 Å². The van der Waals surface area contributed by atoms with Crippen LogP contribution in [0.3, 0.4) is 0 Å². The SMILES string of the molecule is CCCCCCCC/C=C\CCCCCCCC(=O)OC(=O)CCCCCCCCCCCCCCC.[H-].[H-].[K+].[K+]. The molecule has 5 heteroatoms. The Labute approximate surface area is 332 Å². The summed E-state index contributed by atoms with van der Waals surface area (Å²) in [6.45, 7) is 4.53. The molecule has 0 aliphatic rings. The van der Waals surface area contributed by atoms with Crippen molar-refractivity contribution in [1.82, 2.24) is 0 Å². The number of hydrogen-bond donors (Lipinski definition) is 0. The fourth-order valence-corrected chi connectivity index (χ4v) is 4.86. The van der Waals surface area contributed by atoms with Crippen LogP contribution in [0.4, 0.5) is 0 Å². The third kappa shape index (κ3) is 40.2. The Kier molecular flexibility index (Phi) is 46.9. The van der Waals surface area contributed by atoms with Crippen molar-refractivity contribution in [3.63, 3.8) is 0 Å². The van der Waals surface area contributed by atoms with Gasteiger partial charge in [0, 0.05) is 12.8 Å². The van der Waals surface area contributed by atoms with E-state index in [0.717, 1.165) is 32.1 Å². The second kappa shape index (κ2) is 40.2. The van der Waals surface area contributed by atoms with E-state index in [1.807, 2.05) is 0 Å². The third-order valence-electron chi connectivity index (χ3n) is 7.35. The number of carbonyl (C=O) groups is 2. The van der Waals surface area contributed by atoms with Crippen LogP contribution in [-0.4, -0.2) is 11.9 Å². The molecule has 0 fully saturated rings. The molecular formula is C34H66K2O3. The molecule has 3 nitrogen and oxygen atoms in total. The van der Waals surface area contributed by atoms with Gasteiger partial charge < -0.3 is 7.59 Å². The summed E-state index contributed by atoms with van der Waals surface area (Å²) in [5, 5.41) is 0. The summed E-state index contributed by atoms with van der Waals surface area (Å²) in [4.78, 5) is 23.7. The van der Waals surface area contributed by atoms with Crippen molar-refractivity contribution < 1.29 is 120 Å². The van der Waals surface area contributed by atoms with Crippen LogP contribution in [0.2, 0.25) is 0 Å². The summed E-state index contributed by atoms with van der Waals surface area (Å²) >= 11 is 0. The van der Waals surface area contributed by atoms with Crippen molar-refractivity contribution in [1.29, 1.82) is 0 Å². The van der Waals surface area contributed by atoms with Crippen molar-refractivity contribution in [3.05, 3.63) is 12.2 Å². The fourth-order valence-electron chi connectivity index (χ4n) is 4.86. The molecule has 0 saturated carbocycles. The quantitative estimate of drug-likeness (QED) is 0.0358. The van der Waals surface area contributed by atoms with Crippen molar-refractivity contribution in [2.24, 2.45) is 0 Å². The standard InChI is InChI=1S/C34H64O3.2K.2H/c1-3-5-7-9-11-13-15-17-18-20-22-24-26-28-30-32-34(36)37-33(35)31-29-27-25-23-21-19-16-14-12-10-8-6-4-2;;;;/h17-18H,3-16,19-32H2,1-2H3;;;;/q;2*+1;2*-1/b18-17-;;;;. The van der Waals surface area contributed by atoms with E-state index in [1.54, 1.807) is 0 Å². The predicted molar refractivity (Wildman–Crippen MR) is 163 cm³/mol. The fraction of sp³-hybridized carbons (Fsp3) is 0.882. The van der Waals surface area contributed by atoms with Gasteiger partial charge in [0.1, 0.15) is 0 Å². The molecule has 0 aliphatic heterocycles. The molecule has 0 atom stereocenters. The summed E-state index contributed by atoms with van der Waals surface area (Å²) < 4.78 is 4.99. The first-order chi connectivity index (χ1) is 18.2. The molecule has 0 amide bonds. The smallest absolute Gasteiger partial charge is 1.00 e. The van der Waals surface area contributed by atoms with Gasteiger partial charge in [-0.3, -0.25) is 9.59 Å². The van der Waals surface area contributed by atoms with Gasteiger partial charge in [-0.15, -0.1) is 0 Å². The Morgan fingerprint density at radius 1 is 0.436 bits per heavy atom. The van der Waals surface area contributed by atoms with Crippen molar-refractivity contribution >= 4 is 11.9 Å². The molecule has 222 valence electrons. The second-order valence-corrected chi connectivity index (χ2v) is 11.2. The minimum absolute atomic E-state index is 0. The zero-order valence-electron chi connectivity index (χ0n) is 29.2. The summed E-state index contributed by atoms with van der Waals surface area (Å²) in [5.74, 6) is -0.668. The van der Waals surface area contributed by atoms with Crippen LogP contribution in [0.1, 0.15) is 196 Å². The van der Waals surface area contributed by atoms with Gasteiger partial charge in [-0.1, -0.05) is 154 Å². The zero-order chi connectivity index (χ0) is 27.1. The summed E-state index contributed by atoms with van der Waals surface area (Å²) in [6.07, 6.45) is 38.2. The molecule has 0 radical (unpaired) electrons. The number of carbonyl (C=O) groups excluding carboxylic acids is 2. The largest absolute Gasteiger partial charge is 1.00 e. The molecule has 0 spiro atoms.